The molecule has 140 valence electrons. The van der Waals surface area contributed by atoms with Crippen LogP contribution in [0.15, 0.2) is 0 Å². The van der Waals surface area contributed by atoms with E-state index in [1.54, 1.807) is 0 Å². The van der Waals surface area contributed by atoms with Crippen molar-refractivity contribution < 1.29 is 57.1 Å². The van der Waals surface area contributed by atoms with Crippen molar-refractivity contribution in [1.82, 2.24) is 0 Å². The van der Waals surface area contributed by atoms with Crippen molar-refractivity contribution in [2.75, 3.05) is 0 Å². The smallest absolute Gasteiger partial charge is 0.198 e. The second-order valence-corrected chi connectivity index (χ2v) is 12.5. The molecule has 0 unspecified atom stereocenters. The van der Waals surface area contributed by atoms with E-state index in [1.165, 1.54) is 0 Å². The lowest BCUT2D eigenvalue weighted by atomic mass is 9.92. The molecule has 0 aliphatic carbocycles. The van der Waals surface area contributed by atoms with E-state index in [0.29, 0.717) is 0 Å². The summed E-state index contributed by atoms with van der Waals surface area (Å²) in [5, 5.41) is -7.22. The van der Waals surface area contributed by atoms with Crippen LogP contribution in [0, 0.1) is 0 Å². The van der Waals surface area contributed by atoms with Crippen molar-refractivity contribution in [3.05, 3.63) is 0 Å². The molecular formula is C6Cl3F13Si. The van der Waals surface area contributed by atoms with Crippen LogP contribution in [0.2, 0.25) is 5.04 Å². The van der Waals surface area contributed by atoms with Crippen LogP contribution in [0.1, 0.15) is 0 Å². The van der Waals surface area contributed by atoms with Crippen LogP contribution < -0.4 is 0 Å². The van der Waals surface area contributed by atoms with Gasteiger partial charge >= 0.3 is 36.4 Å². The van der Waals surface area contributed by atoms with Gasteiger partial charge in [-0.05, 0) is 0 Å². The Labute approximate surface area is 132 Å². The molecule has 0 amide bonds. The molecule has 0 N–H and O–H groups in total. The second kappa shape index (κ2) is 5.59. The number of alkyl halides is 13. The summed E-state index contributed by atoms with van der Waals surface area (Å²) in [6, 6.07) is -7.10. The Morgan fingerprint density at radius 2 is 0.696 bits per heavy atom. The van der Waals surface area contributed by atoms with Crippen LogP contribution in [-0.2, 0) is 0 Å². The summed E-state index contributed by atoms with van der Waals surface area (Å²) in [7, 11) is 0. The van der Waals surface area contributed by atoms with Crippen molar-refractivity contribution in [2.45, 2.75) is 35.4 Å². The Hall–Kier alpha value is 0.177. The first-order chi connectivity index (χ1) is 9.50. The predicted octanol–water partition coefficient (Wildman–Crippen LogP) is 6.34. The summed E-state index contributed by atoms with van der Waals surface area (Å²) in [5.41, 5.74) is 0. The Bertz CT molecular complexity index is 405. The van der Waals surface area contributed by atoms with Gasteiger partial charge in [0.1, 0.15) is 0 Å². The van der Waals surface area contributed by atoms with Gasteiger partial charge in [-0.3, -0.25) is 0 Å². The Kier molecular flexibility index (Phi) is 5.63. The fourth-order valence-corrected chi connectivity index (χ4v) is 5.58. The Morgan fingerprint density at radius 1 is 0.435 bits per heavy atom. The summed E-state index contributed by atoms with van der Waals surface area (Å²) in [6.07, 6.45) is -22.5. The van der Waals surface area contributed by atoms with E-state index in [4.69, 9.17) is 0 Å². The largest absolute Gasteiger partial charge is 0.459 e. The van der Waals surface area contributed by atoms with Crippen molar-refractivity contribution in [2.24, 2.45) is 0 Å². The predicted molar refractivity (Wildman–Crippen MR) is 54.1 cm³/mol. The molecule has 0 heterocycles. The lowest BCUT2D eigenvalue weighted by Gasteiger charge is -2.47. The van der Waals surface area contributed by atoms with Gasteiger partial charge in [-0.25, -0.2) is 0 Å². The van der Waals surface area contributed by atoms with E-state index < -0.39 is 41.4 Å². The molecule has 17 heteroatoms. The van der Waals surface area contributed by atoms with Crippen molar-refractivity contribution in [3.8, 4) is 0 Å². The maximum atomic E-state index is 13.4. The highest BCUT2D eigenvalue weighted by Crippen LogP contribution is 2.75. The molecule has 0 aromatic heterocycles. The standard InChI is InChI=1S/C6Cl3F13Si/c7-23(8,9)1(4(14,15)16,5(17,18)19)2(10,11)3(12,13)6(20,21)22. The highest BCUT2D eigenvalue weighted by molar-refractivity contribution is 7.66. The molecule has 0 spiro atoms. The Balaban J connectivity index is 7.12. The first-order valence-corrected chi connectivity index (χ1v) is 9.56. The molecule has 0 atom stereocenters. The number of rotatable bonds is 3. The summed E-state index contributed by atoms with van der Waals surface area (Å²) < 4.78 is 164. The fraction of sp³-hybridized carbons (Fsp3) is 1.00. The maximum Gasteiger partial charge on any atom is 0.459 e. The average Bonchev–Trinajstić information content (AvgIpc) is 2.06. The first kappa shape index (κ1) is 23.2. The van der Waals surface area contributed by atoms with Crippen LogP contribution in [0.4, 0.5) is 57.1 Å². The number of hydrogen-bond donors (Lipinski definition) is 0. The monoisotopic (exact) mass is 452 g/mol. The van der Waals surface area contributed by atoms with E-state index in [2.05, 4.69) is 33.2 Å². The van der Waals surface area contributed by atoms with Gasteiger partial charge in [0, 0.05) is 0 Å². The lowest BCUT2D eigenvalue weighted by molar-refractivity contribution is -0.412. The normalized spacial score (nSPS) is 16.7. The molecule has 0 rings (SSSR count). The molecule has 0 fully saturated rings. The molecular weight excluding hydrogens is 453 g/mol. The topological polar surface area (TPSA) is 0 Å². The molecule has 0 saturated carbocycles. The maximum absolute atomic E-state index is 13.4. The minimum Gasteiger partial charge on any atom is -0.198 e. The zero-order valence-corrected chi connectivity index (χ0v) is 12.8. The van der Waals surface area contributed by atoms with Gasteiger partial charge < -0.3 is 0 Å². The minimum atomic E-state index is -7.90. The quantitative estimate of drug-likeness (QED) is 0.266. The second-order valence-electron chi connectivity index (χ2n) is 3.89. The highest BCUT2D eigenvalue weighted by atomic mass is 35.8. The van der Waals surface area contributed by atoms with Crippen LogP contribution in [0.3, 0.4) is 0 Å². The zero-order chi connectivity index (χ0) is 19.5. The molecule has 0 nitrogen and oxygen atoms in total. The molecule has 0 aliphatic rings. The molecule has 0 saturated heterocycles. The van der Waals surface area contributed by atoms with Crippen LogP contribution in [0.25, 0.3) is 0 Å². The van der Waals surface area contributed by atoms with E-state index >= 15 is 0 Å². The van der Waals surface area contributed by atoms with Crippen molar-refractivity contribution in [3.63, 3.8) is 0 Å². The minimum absolute atomic E-state index is 4.31. The third-order valence-electron chi connectivity index (χ3n) is 2.50. The molecule has 0 aromatic rings. The third-order valence-corrected chi connectivity index (χ3v) is 6.78. The van der Waals surface area contributed by atoms with Gasteiger partial charge in [-0.15, -0.1) is 33.2 Å². The van der Waals surface area contributed by atoms with Gasteiger partial charge in [0.25, 0.3) is 5.04 Å². The van der Waals surface area contributed by atoms with Crippen LogP contribution in [-0.4, -0.2) is 36.4 Å². The van der Waals surface area contributed by atoms with E-state index in [9.17, 15) is 57.1 Å². The summed E-state index contributed by atoms with van der Waals surface area (Å²) in [5.74, 6) is -15.7. The molecule has 0 radical (unpaired) electrons. The van der Waals surface area contributed by atoms with E-state index in [1.807, 2.05) is 0 Å². The average molecular weight is 453 g/mol. The third kappa shape index (κ3) is 3.08. The van der Waals surface area contributed by atoms with Gasteiger partial charge in [0.15, 0.2) is 0 Å². The van der Waals surface area contributed by atoms with Gasteiger partial charge in [0.2, 0.25) is 0 Å². The van der Waals surface area contributed by atoms with Gasteiger partial charge in [-0.2, -0.15) is 57.1 Å². The molecule has 23 heavy (non-hydrogen) atoms. The van der Waals surface area contributed by atoms with Crippen molar-refractivity contribution in [1.29, 1.82) is 0 Å². The van der Waals surface area contributed by atoms with Crippen LogP contribution in [0.5, 0.6) is 0 Å². The highest BCUT2D eigenvalue weighted by Gasteiger charge is 2.98. The van der Waals surface area contributed by atoms with E-state index in [0.717, 1.165) is 0 Å². The van der Waals surface area contributed by atoms with E-state index in [-0.39, 0.29) is 0 Å². The number of hydrogen-bond acceptors (Lipinski definition) is 0. The zero-order valence-electron chi connectivity index (χ0n) is 9.55. The summed E-state index contributed by atoms with van der Waals surface area (Å²) >= 11 is 12.9. The summed E-state index contributed by atoms with van der Waals surface area (Å²) in [6.45, 7) is 0. The summed E-state index contributed by atoms with van der Waals surface area (Å²) in [4.78, 5) is 0. The van der Waals surface area contributed by atoms with Crippen molar-refractivity contribution >= 4 is 39.2 Å². The molecule has 0 aliphatic heterocycles. The molecule has 0 bridgehead atoms. The molecule has 0 aromatic carbocycles. The first-order valence-electron chi connectivity index (χ1n) is 4.52. The van der Waals surface area contributed by atoms with Crippen LogP contribution >= 0.6 is 33.2 Å². The Morgan fingerprint density at radius 3 is 0.826 bits per heavy atom. The fourth-order valence-electron chi connectivity index (χ4n) is 1.43. The number of halogens is 16. The lowest BCUT2D eigenvalue weighted by Crippen LogP contribution is -2.71. The SMILES string of the molecule is FC(F)(F)C(F)(F)C(F)(F)C(C(F)(F)F)(C(F)(F)F)[Si](Cl)(Cl)Cl. The van der Waals surface area contributed by atoms with Gasteiger partial charge in [0.05, 0.1) is 0 Å². The van der Waals surface area contributed by atoms with Gasteiger partial charge in [-0.1, -0.05) is 0 Å².